The highest BCUT2D eigenvalue weighted by molar-refractivity contribution is 5.87. The molecule has 8 atom stereocenters. The van der Waals surface area contributed by atoms with Crippen LogP contribution in [0.3, 0.4) is 0 Å². The van der Waals surface area contributed by atoms with E-state index < -0.39 is 6.10 Å². The molecule has 0 radical (unpaired) electrons. The largest absolute Gasteiger partial charge is 0.459 e. The summed E-state index contributed by atoms with van der Waals surface area (Å²) in [4.78, 5) is 35.0. The minimum absolute atomic E-state index is 0.0502. The summed E-state index contributed by atoms with van der Waals surface area (Å²) in [5.74, 6) is 4.63. The lowest BCUT2D eigenvalue weighted by Crippen LogP contribution is -2.50. The summed E-state index contributed by atoms with van der Waals surface area (Å²) < 4.78 is 23.1. The number of hydrogen-bond acceptors (Lipinski definition) is 8. The predicted octanol–water partition coefficient (Wildman–Crippen LogP) is 2.38. The highest BCUT2D eigenvalue weighted by atomic mass is 16.6. The molecule has 3 aliphatic heterocycles. The van der Waals surface area contributed by atoms with Crippen LogP contribution in [0.1, 0.15) is 66.7 Å². The van der Waals surface area contributed by atoms with Crippen LogP contribution in [-0.4, -0.2) is 66.6 Å². The fourth-order valence-electron chi connectivity index (χ4n) is 5.14. The number of ether oxygens (including phenoxy) is 4. The van der Waals surface area contributed by atoms with Crippen molar-refractivity contribution >= 4 is 17.8 Å². The summed E-state index contributed by atoms with van der Waals surface area (Å²) in [6.45, 7) is 9.90. The van der Waals surface area contributed by atoms with Crippen LogP contribution in [0.25, 0.3) is 0 Å². The molecule has 2 amide bonds. The van der Waals surface area contributed by atoms with Crippen molar-refractivity contribution in [3.8, 4) is 0 Å². The van der Waals surface area contributed by atoms with E-state index in [0.717, 1.165) is 24.8 Å². The van der Waals surface area contributed by atoms with Gasteiger partial charge in [-0.2, -0.15) is 0 Å². The van der Waals surface area contributed by atoms with Crippen molar-refractivity contribution in [2.45, 2.75) is 109 Å². The van der Waals surface area contributed by atoms with Crippen molar-refractivity contribution < 1.29 is 33.3 Å². The number of nitrogens with one attached hydrogen (secondary N) is 2. The molecule has 8 unspecified atom stereocenters. The van der Waals surface area contributed by atoms with Crippen LogP contribution in [0.15, 0.2) is 36.0 Å². The molecule has 10 nitrogen and oxygen atoms in total. The van der Waals surface area contributed by atoms with Gasteiger partial charge in [0.15, 0.2) is 0 Å². The van der Waals surface area contributed by atoms with Gasteiger partial charge in [0.05, 0.1) is 49.1 Å². The van der Waals surface area contributed by atoms with Crippen LogP contribution >= 0.6 is 0 Å². The van der Waals surface area contributed by atoms with E-state index >= 15 is 0 Å². The molecular weight excluding hydrogens is 490 g/mol. The van der Waals surface area contributed by atoms with Crippen molar-refractivity contribution in [3.05, 3.63) is 36.0 Å². The lowest BCUT2D eigenvalue weighted by atomic mass is 9.88. The van der Waals surface area contributed by atoms with Gasteiger partial charge in [-0.05, 0) is 45.6 Å². The predicted molar refractivity (Wildman–Crippen MR) is 141 cm³/mol. The third-order valence-electron chi connectivity index (χ3n) is 7.33. The third-order valence-corrected chi connectivity index (χ3v) is 7.33. The normalized spacial score (nSPS) is 34.3. The third kappa shape index (κ3) is 9.34. The molecule has 3 fully saturated rings. The molecule has 1 spiro atoms. The maximum Gasteiger partial charge on any atom is 0.303 e. The van der Waals surface area contributed by atoms with Gasteiger partial charge in [-0.3, -0.25) is 19.8 Å². The van der Waals surface area contributed by atoms with E-state index in [-0.39, 0.29) is 66.2 Å². The van der Waals surface area contributed by atoms with E-state index in [1.54, 1.807) is 13.0 Å². The van der Waals surface area contributed by atoms with Crippen molar-refractivity contribution in [2.24, 2.45) is 11.8 Å². The molecule has 3 aliphatic rings. The number of epoxide rings is 1. The quantitative estimate of drug-likeness (QED) is 0.0739. The Bertz CT molecular complexity index is 943. The molecule has 3 heterocycles. The minimum Gasteiger partial charge on any atom is -0.459 e. The van der Waals surface area contributed by atoms with E-state index in [0.29, 0.717) is 13.0 Å². The lowest BCUT2D eigenvalue weighted by molar-refractivity contribution is -0.143. The molecule has 0 aromatic rings. The van der Waals surface area contributed by atoms with Gasteiger partial charge in [-0.15, -0.1) is 0 Å². The van der Waals surface area contributed by atoms with Gasteiger partial charge in [0.2, 0.25) is 11.8 Å². The number of hydrazine groups is 1. The topological polar surface area (TPSA) is 142 Å². The van der Waals surface area contributed by atoms with E-state index in [1.165, 1.54) is 13.0 Å². The van der Waals surface area contributed by atoms with Gasteiger partial charge in [-0.1, -0.05) is 30.7 Å². The van der Waals surface area contributed by atoms with E-state index in [1.807, 2.05) is 19.9 Å². The Morgan fingerprint density at radius 2 is 1.89 bits per heavy atom. The van der Waals surface area contributed by atoms with Crippen LogP contribution in [-0.2, 0) is 33.3 Å². The van der Waals surface area contributed by atoms with E-state index in [4.69, 9.17) is 24.8 Å². The number of nitrogens with two attached hydrogens (primary N) is 1. The first-order chi connectivity index (χ1) is 18.0. The second-order valence-electron chi connectivity index (χ2n) is 10.9. The Balaban J connectivity index is 1.47. The molecule has 4 N–H and O–H groups in total. The van der Waals surface area contributed by atoms with Crippen LogP contribution in [0.4, 0.5) is 0 Å². The van der Waals surface area contributed by atoms with Crippen LogP contribution in [0, 0.1) is 5.92 Å². The monoisotopic (exact) mass is 533 g/mol. The highest BCUT2D eigenvalue weighted by Crippen LogP contribution is 2.43. The summed E-state index contributed by atoms with van der Waals surface area (Å²) in [6, 6.07) is -0.0953. The number of carbonyl (C=O) groups excluding carboxylic acids is 3. The number of esters is 1. The van der Waals surface area contributed by atoms with Crippen molar-refractivity contribution in [1.82, 2.24) is 10.7 Å². The number of amides is 2. The van der Waals surface area contributed by atoms with E-state index in [9.17, 15) is 14.4 Å². The second-order valence-corrected chi connectivity index (χ2v) is 10.9. The molecule has 0 saturated carbocycles. The number of allylic oxidation sites excluding steroid dienone is 2. The second kappa shape index (κ2) is 13.5. The summed E-state index contributed by atoms with van der Waals surface area (Å²) in [5, 5.41) is 3.01. The number of carbonyl (C=O) groups is 3. The molecule has 0 aliphatic carbocycles. The Morgan fingerprint density at radius 3 is 2.55 bits per heavy atom. The molecule has 212 valence electrons. The SMILES string of the molecule is CC(=O)OC(C)C=CC(=O)NC1CC(C)C(CC=C(C)C=CC2CC3(CO3)CC(CC(=O)NN)O2)OC1C. The summed E-state index contributed by atoms with van der Waals surface area (Å²) in [7, 11) is 0. The minimum atomic E-state index is -0.461. The van der Waals surface area contributed by atoms with Gasteiger partial charge in [-0.25, -0.2) is 5.84 Å². The zero-order valence-electron chi connectivity index (χ0n) is 23.1. The first-order valence-electron chi connectivity index (χ1n) is 13.4. The van der Waals surface area contributed by atoms with Crippen molar-refractivity contribution in [2.75, 3.05) is 6.61 Å². The zero-order valence-corrected chi connectivity index (χ0v) is 23.1. The van der Waals surface area contributed by atoms with Gasteiger partial charge >= 0.3 is 5.97 Å². The van der Waals surface area contributed by atoms with Gasteiger partial charge in [0.1, 0.15) is 6.10 Å². The van der Waals surface area contributed by atoms with Crippen LogP contribution < -0.4 is 16.6 Å². The highest BCUT2D eigenvalue weighted by Gasteiger charge is 2.51. The fourth-order valence-corrected chi connectivity index (χ4v) is 5.14. The molecule has 0 aromatic heterocycles. The summed E-state index contributed by atoms with van der Waals surface area (Å²) in [5.41, 5.74) is 3.10. The van der Waals surface area contributed by atoms with Crippen LogP contribution in [0.2, 0.25) is 0 Å². The number of rotatable bonds is 10. The van der Waals surface area contributed by atoms with Gasteiger partial charge in [0, 0.05) is 25.8 Å². The van der Waals surface area contributed by atoms with Crippen molar-refractivity contribution in [3.63, 3.8) is 0 Å². The van der Waals surface area contributed by atoms with Crippen molar-refractivity contribution in [1.29, 1.82) is 0 Å². The molecule has 3 rings (SSSR count). The lowest BCUT2D eigenvalue weighted by Gasteiger charge is -2.39. The molecule has 38 heavy (non-hydrogen) atoms. The van der Waals surface area contributed by atoms with Crippen LogP contribution in [0.5, 0.6) is 0 Å². The van der Waals surface area contributed by atoms with Gasteiger partial charge < -0.3 is 24.3 Å². The Kier molecular flexibility index (Phi) is 10.7. The molecule has 3 saturated heterocycles. The smallest absolute Gasteiger partial charge is 0.303 e. The maximum atomic E-state index is 12.3. The van der Waals surface area contributed by atoms with E-state index in [2.05, 4.69) is 29.8 Å². The molecule has 0 bridgehead atoms. The Morgan fingerprint density at radius 1 is 1.16 bits per heavy atom. The Hall–Kier alpha value is -2.53. The average molecular weight is 534 g/mol. The summed E-state index contributed by atoms with van der Waals surface area (Å²) >= 11 is 0. The molecular formula is C28H43N3O7. The molecule has 10 heteroatoms. The summed E-state index contributed by atoms with van der Waals surface area (Å²) in [6.07, 6.45) is 11.6. The maximum absolute atomic E-state index is 12.3. The number of hydrogen-bond donors (Lipinski definition) is 3. The van der Waals surface area contributed by atoms with Gasteiger partial charge in [0.25, 0.3) is 0 Å². The molecule has 0 aromatic carbocycles. The fraction of sp³-hybridized carbons (Fsp3) is 0.679. The zero-order chi connectivity index (χ0) is 27.9. The first-order valence-corrected chi connectivity index (χ1v) is 13.4. The average Bonchev–Trinajstić information content (AvgIpc) is 3.59. The standard InChI is InChI=1S/C28H43N3O7/c1-17(6-9-22-14-28(16-35-28)15-23(38-22)13-27(34)31-29)7-10-25-18(2)12-24(20(4)37-25)30-26(33)11-8-19(3)36-21(5)32/h6-9,11,18-20,22-25H,10,12-16,29H2,1-5H3,(H,30,33)(H,31,34). The first kappa shape index (κ1) is 30.0. The Labute approximate surface area is 225 Å².